The van der Waals surface area contributed by atoms with Gasteiger partial charge in [-0.1, -0.05) is 0 Å². The smallest absolute Gasteiger partial charge is 0.266 e. The number of alkyl halides is 2. The lowest BCUT2D eigenvalue weighted by atomic mass is 10.3. The molecule has 2 aromatic heterocycles. The van der Waals surface area contributed by atoms with E-state index in [1.807, 2.05) is 0 Å². The molecule has 0 atom stereocenters. The van der Waals surface area contributed by atoms with Gasteiger partial charge in [0.15, 0.2) is 17.5 Å². The van der Waals surface area contributed by atoms with Gasteiger partial charge in [0.25, 0.3) is 5.92 Å². The van der Waals surface area contributed by atoms with Crippen LogP contribution in [0.15, 0.2) is 24.4 Å². The number of nitrogens with one attached hydrogen (secondary N) is 1. The molecule has 4 rings (SSSR count). The summed E-state index contributed by atoms with van der Waals surface area (Å²) in [5.74, 6) is -4.08. The highest BCUT2D eigenvalue weighted by Crippen LogP contribution is 2.31. The molecule has 1 N–H and O–H groups in total. The van der Waals surface area contributed by atoms with Gasteiger partial charge in [-0.2, -0.15) is 5.10 Å². The van der Waals surface area contributed by atoms with E-state index in [2.05, 4.69) is 20.2 Å². The SMILES string of the molecule is Fc1cc2nc(-c3cnnc(N4CCC(F)(F)C4)c3)[nH]c2cc1F. The molecule has 1 aliphatic heterocycles. The Kier molecular flexibility index (Phi) is 3.19. The number of aromatic nitrogens is 4. The number of imidazole rings is 1. The Morgan fingerprint density at radius 1 is 1.12 bits per heavy atom. The van der Waals surface area contributed by atoms with Crippen molar-refractivity contribution in [3.05, 3.63) is 36.0 Å². The molecule has 1 aromatic carbocycles. The molecule has 0 spiro atoms. The van der Waals surface area contributed by atoms with Crippen LogP contribution in [-0.2, 0) is 0 Å². The Labute approximate surface area is 133 Å². The highest BCUT2D eigenvalue weighted by Gasteiger charge is 2.38. The molecule has 0 radical (unpaired) electrons. The number of fused-ring (bicyclic) bond motifs is 1. The lowest BCUT2D eigenvalue weighted by Crippen LogP contribution is -2.25. The molecule has 9 heteroatoms. The first-order valence-corrected chi connectivity index (χ1v) is 7.22. The number of rotatable bonds is 2. The monoisotopic (exact) mass is 337 g/mol. The van der Waals surface area contributed by atoms with Crippen molar-refractivity contribution < 1.29 is 17.6 Å². The molecule has 0 bridgehead atoms. The Balaban J connectivity index is 1.71. The molecule has 1 fully saturated rings. The number of benzene rings is 1. The Hall–Kier alpha value is -2.71. The van der Waals surface area contributed by atoms with Gasteiger partial charge in [-0.15, -0.1) is 5.10 Å². The van der Waals surface area contributed by atoms with E-state index in [1.165, 1.54) is 11.1 Å². The minimum Gasteiger partial charge on any atom is -0.349 e. The Morgan fingerprint density at radius 3 is 2.67 bits per heavy atom. The molecule has 3 aromatic rings. The number of hydrogen-bond donors (Lipinski definition) is 1. The maximum Gasteiger partial charge on any atom is 0.266 e. The summed E-state index contributed by atoms with van der Waals surface area (Å²) in [5.41, 5.74) is 1.08. The van der Waals surface area contributed by atoms with Crippen LogP contribution >= 0.6 is 0 Å². The van der Waals surface area contributed by atoms with E-state index in [9.17, 15) is 17.6 Å². The van der Waals surface area contributed by atoms with E-state index < -0.39 is 24.1 Å². The number of aromatic amines is 1. The van der Waals surface area contributed by atoms with Crippen LogP contribution in [0.4, 0.5) is 23.4 Å². The maximum absolute atomic E-state index is 13.3. The zero-order chi connectivity index (χ0) is 16.9. The molecule has 0 aliphatic carbocycles. The number of halogens is 4. The highest BCUT2D eigenvalue weighted by atomic mass is 19.3. The van der Waals surface area contributed by atoms with Gasteiger partial charge < -0.3 is 9.88 Å². The molecule has 0 amide bonds. The minimum atomic E-state index is -2.74. The average Bonchev–Trinajstić information content (AvgIpc) is 3.11. The predicted octanol–water partition coefficient (Wildman–Crippen LogP) is 3.14. The summed E-state index contributed by atoms with van der Waals surface area (Å²) in [6, 6.07) is 3.57. The van der Waals surface area contributed by atoms with E-state index >= 15 is 0 Å². The van der Waals surface area contributed by atoms with Crippen LogP contribution in [0.2, 0.25) is 0 Å². The van der Waals surface area contributed by atoms with Crippen molar-refractivity contribution >= 4 is 16.9 Å². The van der Waals surface area contributed by atoms with E-state index in [1.54, 1.807) is 6.07 Å². The summed E-state index contributed by atoms with van der Waals surface area (Å²) < 4.78 is 53.2. The zero-order valence-electron chi connectivity index (χ0n) is 12.2. The van der Waals surface area contributed by atoms with Gasteiger partial charge in [0, 0.05) is 30.7 Å². The van der Waals surface area contributed by atoms with E-state index in [0.29, 0.717) is 22.7 Å². The van der Waals surface area contributed by atoms with Gasteiger partial charge in [0.1, 0.15) is 5.82 Å². The summed E-state index contributed by atoms with van der Waals surface area (Å²) in [7, 11) is 0. The van der Waals surface area contributed by atoms with Crippen molar-refractivity contribution in [1.82, 2.24) is 20.2 Å². The van der Waals surface area contributed by atoms with Crippen LogP contribution in [0.25, 0.3) is 22.4 Å². The third-order valence-corrected chi connectivity index (χ3v) is 3.93. The van der Waals surface area contributed by atoms with Crippen LogP contribution in [0.5, 0.6) is 0 Å². The molecule has 124 valence electrons. The van der Waals surface area contributed by atoms with E-state index in [-0.39, 0.29) is 18.5 Å². The highest BCUT2D eigenvalue weighted by molar-refractivity contribution is 5.79. The largest absolute Gasteiger partial charge is 0.349 e. The summed E-state index contributed by atoms with van der Waals surface area (Å²) >= 11 is 0. The summed E-state index contributed by atoms with van der Waals surface area (Å²) in [4.78, 5) is 8.49. The van der Waals surface area contributed by atoms with Gasteiger partial charge in [-0.05, 0) is 6.07 Å². The fraction of sp³-hybridized carbons (Fsp3) is 0.267. The van der Waals surface area contributed by atoms with Gasteiger partial charge in [0.05, 0.1) is 23.8 Å². The lowest BCUT2D eigenvalue weighted by Gasteiger charge is -2.16. The minimum absolute atomic E-state index is 0.182. The molecule has 24 heavy (non-hydrogen) atoms. The van der Waals surface area contributed by atoms with E-state index in [4.69, 9.17) is 0 Å². The molecule has 1 saturated heterocycles. The molecular formula is C15H11F4N5. The molecule has 5 nitrogen and oxygen atoms in total. The van der Waals surface area contributed by atoms with Crippen LogP contribution in [0, 0.1) is 11.6 Å². The van der Waals surface area contributed by atoms with Crippen LogP contribution in [0.3, 0.4) is 0 Å². The van der Waals surface area contributed by atoms with Crippen molar-refractivity contribution in [1.29, 1.82) is 0 Å². The molecule has 1 aliphatic rings. The standard InChI is InChI=1S/C15H11F4N5/c16-9-4-11-12(5-10(9)17)22-14(21-11)8-3-13(23-20-6-8)24-2-1-15(18,19)7-24/h3-6H,1-2,7H2,(H,21,22). The quantitative estimate of drug-likeness (QED) is 0.730. The summed E-state index contributed by atoms with van der Waals surface area (Å²) in [6.45, 7) is -0.233. The van der Waals surface area contributed by atoms with Crippen molar-refractivity contribution in [2.45, 2.75) is 12.3 Å². The van der Waals surface area contributed by atoms with Crippen LogP contribution in [0.1, 0.15) is 6.42 Å². The van der Waals surface area contributed by atoms with Crippen LogP contribution in [-0.4, -0.2) is 39.2 Å². The van der Waals surface area contributed by atoms with Gasteiger partial charge >= 0.3 is 0 Å². The summed E-state index contributed by atoms with van der Waals surface area (Å²) in [5, 5.41) is 7.69. The second kappa shape index (κ2) is 5.15. The van der Waals surface area contributed by atoms with Gasteiger partial charge in [-0.3, -0.25) is 0 Å². The topological polar surface area (TPSA) is 57.7 Å². The van der Waals surface area contributed by atoms with Gasteiger partial charge in [0.2, 0.25) is 0 Å². The molecule has 0 unspecified atom stereocenters. The second-order valence-corrected chi connectivity index (χ2v) is 5.70. The molecular weight excluding hydrogens is 326 g/mol. The fourth-order valence-corrected chi connectivity index (χ4v) is 2.71. The zero-order valence-corrected chi connectivity index (χ0v) is 12.2. The van der Waals surface area contributed by atoms with Crippen molar-refractivity contribution in [3.63, 3.8) is 0 Å². The maximum atomic E-state index is 13.3. The average molecular weight is 337 g/mol. The van der Waals surface area contributed by atoms with Gasteiger partial charge in [-0.25, -0.2) is 22.5 Å². The number of nitrogens with zero attached hydrogens (tertiary/aromatic N) is 4. The Morgan fingerprint density at radius 2 is 1.92 bits per heavy atom. The number of hydrogen-bond acceptors (Lipinski definition) is 4. The first kappa shape index (κ1) is 14.9. The molecule has 3 heterocycles. The lowest BCUT2D eigenvalue weighted by molar-refractivity contribution is 0.0256. The Bertz CT molecular complexity index is 884. The first-order valence-electron chi connectivity index (χ1n) is 7.22. The fourth-order valence-electron chi connectivity index (χ4n) is 2.71. The van der Waals surface area contributed by atoms with Crippen molar-refractivity contribution in [3.8, 4) is 11.4 Å². The predicted molar refractivity (Wildman–Crippen MR) is 78.8 cm³/mol. The van der Waals surface area contributed by atoms with Crippen molar-refractivity contribution in [2.24, 2.45) is 0 Å². The van der Waals surface area contributed by atoms with Crippen molar-refractivity contribution in [2.75, 3.05) is 18.0 Å². The normalized spacial score (nSPS) is 16.9. The third kappa shape index (κ3) is 2.55. The molecule has 0 saturated carbocycles. The van der Waals surface area contributed by atoms with E-state index in [0.717, 1.165) is 12.1 Å². The summed E-state index contributed by atoms with van der Waals surface area (Å²) in [6.07, 6.45) is 1.17. The number of H-pyrrole nitrogens is 1. The van der Waals surface area contributed by atoms with Crippen LogP contribution < -0.4 is 4.90 Å². The third-order valence-electron chi connectivity index (χ3n) is 3.93. The second-order valence-electron chi connectivity index (χ2n) is 5.70. The first-order chi connectivity index (χ1) is 11.4. The number of anilines is 1.